The summed E-state index contributed by atoms with van der Waals surface area (Å²) in [6, 6.07) is 10.2. The van der Waals surface area contributed by atoms with Gasteiger partial charge >= 0.3 is 0 Å². The standard InChI is InChI=1S/C16H26N2O2/c1-3-15(4-2)17-16(20)13-18(10-11-19)12-14-8-6-5-7-9-14/h5-9,15,19H,3-4,10-13H2,1-2H3,(H,17,20). The van der Waals surface area contributed by atoms with Crippen molar-refractivity contribution in [2.24, 2.45) is 0 Å². The van der Waals surface area contributed by atoms with Crippen LogP contribution < -0.4 is 5.32 Å². The maximum atomic E-state index is 12.0. The number of amides is 1. The Morgan fingerprint density at radius 1 is 1.25 bits per heavy atom. The van der Waals surface area contributed by atoms with Crippen LogP contribution >= 0.6 is 0 Å². The first kappa shape index (κ1) is 16.7. The molecule has 0 aliphatic rings. The van der Waals surface area contributed by atoms with Gasteiger partial charge in [0, 0.05) is 19.1 Å². The summed E-state index contributed by atoms with van der Waals surface area (Å²) in [5, 5.41) is 12.2. The van der Waals surface area contributed by atoms with Crippen molar-refractivity contribution in [1.29, 1.82) is 0 Å². The summed E-state index contributed by atoms with van der Waals surface area (Å²) >= 11 is 0. The van der Waals surface area contributed by atoms with Crippen molar-refractivity contribution in [3.8, 4) is 0 Å². The molecular weight excluding hydrogens is 252 g/mol. The molecule has 1 aromatic rings. The number of nitrogens with one attached hydrogen (secondary N) is 1. The third-order valence-electron chi connectivity index (χ3n) is 3.38. The zero-order valence-corrected chi connectivity index (χ0v) is 12.5. The quantitative estimate of drug-likeness (QED) is 0.724. The minimum absolute atomic E-state index is 0.0306. The molecule has 0 aromatic heterocycles. The third-order valence-corrected chi connectivity index (χ3v) is 3.38. The largest absolute Gasteiger partial charge is 0.395 e. The summed E-state index contributed by atoms with van der Waals surface area (Å²) < 4.78 is 0. The molecule has 0 aliphatic carbocycles. The molecule has 0 radical (unpaired) electrons. The molecule has 0 heterocycles. The molecule has 0 fully saturated rings. The molecule has 1 aromatic carbocycles. The summed E-state index contributed by atoms with van der Waals surface area (Å²) in [6.07, 6.45) is 1.89. The average molecular weight is 278 g/mol. The molecular formula is C16H26N2O2. The maximum absolute atomic E-state index is 12.0. The Bertz CT molecular complexity index is 377. The average Bonchev–Trinajstić information content (AvgIpc) is 2.46. The number of aliphatic hydroxyl groups excluding tert-OH is 1. The summed E-state index contributed by atoms with van der Waals surface area (Å²) in [4.78, 5) is 14.0. The number of aliphatic hydroxyl groups is 1. The Morgan fingerprint density at radius 3 is 2.45 bits per heavy atom. The van der Waals surface area contributed by atoms with E-state index in [1.807, 2.05) is 35.2 Å². The Hall–Kier alpha value is -1.39. The summed E-state index contributed by atoms with van der Waals surface area (Å²) in [7, 11) is 0. The van der Waals surface area contributed by atoms with Gasteiger partial charge in [0.1, 0.15) is 0 Å². The van der Waals surface area contributed by atoms with Gasteiger partial charge < -0.3 is 10.4 Å². The minimum Gasteiger partial charge on any atom is -0.395 e. The fourth-order valence-corrected chi connectivity index (χ4v) is 2.17. The molecule has 1 amide bonds. The monoisotopic (exact) mass is 278 g/mol. The highest BCUT2D eigenvalue weighted by molar-refractivity contribution is 5.78. The molecule has 0 aliphatic heterocycles. The van der Waals surface area contributed by atoms with E-state index in [1.165, 1.54) is 0 Å². The van der Waals surface area contributed by atoms with Gasteiger partial charge in [-0.25, -0.2) is 0 Å². The first-order valence-corrected chi connectivity index (χ1v) is 7.36. The number of rotatable bonds is 9. The molecule has 20 heavy (non-hydrogen) atoms. The van der Waals surface area contributed by atoms with Crippen molar-refractivity contribution in [1.82, 2.24) is 10.2 Å². The fourth-order valence-electron chi connectivity index (χ4n) is 2.17. The van der Waals surface area contributed by atoms with Gasteiger partial charge in [0.25, 0.3) is 0 Å². The van der Waals surface area contributed by atoms with Crippen molar-refractivity contribution in [3.63, 3.8) is 0 Å². The second-order valence-corrected chi connectivity index (χ2v) is 5.00. The van der Waals surface area contributed by atoms with Crippen LogP contribution in [0.3, 0.4) is 0 Å². The van der Waals surface area contributed by atoms with Gasteiger partial charge in [-0.1, -0.05) is 44.2 Å². The van der Waals surface area contributed by atoms with E-state index in [-0.39, 0.29) is 18.6 Å². The van der Waals surface area contributed by atoms with Crippen LogP contribution in [0.4, 0.5) is 0 Å². The van der Waals surface area contributed by atoms with Gasteiger partial charge in [-0.05, 0) is 18.4 Å². The topological polar surface area (TPSA) is 52.6 Å². The smallest absolute Gasteiger partial charge is 0.234 e. The first-order valence-electron chi connectivity index (χ1n) is 7.36. The molecule has 4 nitrogen and oxygen atoms in total. The van der Waals surface area contributed by atoms with Gasteiger partial charge in [-0.3, -0.25) is 9.69 Å². The fraction of sp³-hybridized carbons (Fsp3) is 0.562. The van der Waals surface area contributed by atoms with Crippen molar-refractivity contribution in [2.45, 2.75) is 39.3 Å². The van der Waals surface area contributed by atoms with E-state index in [1.54, 1.807) is 0 Å². The van der Waals surface area contributed by atoms with Crippen LogP contribution in [-0.4, -0.2) is 41.7 Å². The maximum Gasteiger partial charge on any atom is 0.234 e. The number of hydrogen-bond donors (Lipinski definition) is 2. The first-order chi connectivity index (χ1) is 9.69. The van der Waals surface area contributed by atoms with Crippen molar-refractivity contribution >= 4 is 5.91 Å². The molecule has 112 valence electrons. The highest BCUT2D eigenvalue weighted by Crippen LogP contribution is 2.04. The number of nitrogens with zero attached hydrogens (tertiary/aromatic N) is 1. The van der Waals surface area contributed by atoms with Crippen LogP contribution in [0, 0.1) is 0 Å². The Kier molecular flexibility index (Phi) is 7.92. The highest BCUT2D eigenvalue weighted by Gasteiger charge is 2.13. The van der Waals surface area contributed by atoms with E-state index in [0.717, 1.165) is 18.4 Å². The second kappa shape index (κ2) is 9.50. The number of hydrogen-bond acceptors (Lipinski definition) is 3. The highest BCUT2D eigenvalue weighted by atomic mass is 16.3. The van der Waals surface area contributed by atoms with Crippen molar-refractivity contribution < 1.29 is 9.90 Å². The van der Waals surface area contributed by atoms with Gasteiger partial charge in [-0.2, -0.15) is 0 Å². The lowest BCUT2D eigenvalue weighted by Gasteiger charge is -2.22. The Balaban J connectivity index is 2.51. The molecule has 0 saturated heterocycles. The normalized spacial score (nSPS) is 11.1. The number of benzene rings is 1. The predicted molar refractivity (Wildman–Crippen MR) is 81.3 cm³/mol. The number of carbonyl (C=O) groups is 1. The molecule has 0 spiro atoms. The van der Waals surface area contributed by atoms with E-state index < -0.39 is 0 Å². The molecule has 0 unspecified atom stereocenters. The second-order valence-electron chi connectivity index (χ2n) is 5.00. The molecule has 0 atom stereocenters. The summed E-state index contributed by atoms with van der Waals surface area (Å²) in [5.41, 5.74) is 1.15. The zero-order chi connectivity index (χ0) is 14.8. The van der Waals surface area contributed by atoms with E-state index in [9.17, 15) is 4.79 Å². The summed E-state index contributed by atoms with van der Waals surface area (Å²) in [6.45, 7) is 5.72. The Labute approximate surface area is 121 Å². The lowest BCUT2D eigenvalue weighted by Crippen LogP contribution is -2.42. The zero-order valence-electron chi connectivity index (χ0n) is 12.5. The van der Waals surface area contributed by atoms with Crippen molar-refractivity contribution in [2.75, 3.05) is 19.7 Å². The van der Waals surface area contributed by atoms with Gasteiger partial charge in [-0.15, -0.1) is 0 Å². The summed E-state index contributed by atoms with van der Waals surface area (Å²) in [5.74, 6) is 0.0306. The molecule has 0 saturated carbocycles. The molecule has 0 bridgehead atoms. The van der Waals surface area contributed by atoms with E-state index in [2.05, 4.69) is 19.2 Å². The lowest BCUT2D eigenvalue weighted by atomic mass is 10.1. The van der Waals surface area contributed by atoms with Crippen LogP contribution in [0.25, 0.3) is 0 Å². The van der Waals surface area contributed by atoms with Crippen LogP contribution in [0.1, 0.15) is 32.3 Å². The third kappa shape index (κ3) is 6.17. The van der Waals surface area contributed by atoms with Crippen LogP contribution in [0.5, 0.6) is 0 Å². The van der Waals surface area contributed by atoms with E-state index >= 15 is 0 Å². The van der Waals surface area contributed by atoms with Gasteiger partial charge in [0.2, 0.25) is 5.91 Å². The lowest BCUT2D eigenvalue weighted by molar-refractivity contribution is -0.123. The SMILES string of the molecule is CCC(CC)NC(=O)CN(CCO)Cc1ccccc1. The van der Waals surface area contributed by atoms with Crippen LogP contribution in [0.15, 0.2) is 30.3 Å². The van der Waals surface area contributed by atoms with Gasteiger partial charge in [0.05, 0.1) is 13.2 Å². The Morgan fingerprint density at radius 2 is 1.90 bits per heavy atom. The molecule has 4 heteroatoms. The number of carbonyl (C=O) groups excluding carboxylic acids is 1. The minimum atomic E-state index is 0.0306. The molecule has 2 N–H and O–H groups in total. The van der Waals surface area contributed by atoms with Crippen LogP contribution in [-0.2, 0) is 11.3 Å². The van der Waals surface area contributed by atoms with Gasteiger partial charge in [0.15, 0.2) is 0 Å². The molecule has 1 rings (SSSR count). The van der Waals surface area contributed by atoms with E-state index in [0.29, 0.717) is 19.6 Å². The van der Waals surface area contributed by atoms with E-state index in [4.69, 9.17) is 5.11 Å². The van der Waals surface area contributed by atoms with Crippen LogP contribution in [0.2, 0.25) is 0 Å². The predicted octanol–water partition coefficient (Wildman–Crippen LogP) is 1.79. The van der Waals surface area contributed by atoms with Crippen molar-refractivity contribution in [3.05, 3.63) is 35.9 Å².